The summed E-state index contributed by atoms with van der Waals surface area (Å²) in [5, 5.41) is 0. The first kappa shape index (κ1) is 17.7. The quantitative estimate of drug-likeness (QED) is 0.625. The van der Waals surface area contributed by atoms with Crippen molar-refractivity contribution in [3.8, 4) is 0 Å². The summed E-state index contributed by atoms with van der Waals surface area (Å²) in [4.78, 5) is 12.0. The molecule has 0 aromatic heterocycles. The van der Waals surface area contributed by atoms with Gasteiger partial charge in [0, 0.05) is 12.8 Å². The van der Waals surface area contributed by atoms with E-state index in [-0.39, 0.29) is 0 Å². The van der Waals surface area contributed by atoms with Gasteiger partial charge in [-0.25, -0.2) is 0 Å². The van der Waals surface area contributed by atoms with E-state index in [0.29, 0.717) is 28.6 Å². The molecule has 0 spiro atoms. The van der Waals surface area contributed by atoms with Crippen LogP contribution in [0.15, 0.2) is 0 Å². The fourth-order valence-electron chi connectivity index (χ4n) is 8.43. The fourth-order valence-corrected chi connectivity index (χ4v) is 8.43. The van der Waals surface area contributed by atoms with Crippen LogP contribution < -0.4 is 0 Å². The van der Waals surface area contributed by atoms with Crippen molar-refractivity contribution < 1.29 is 9.53 Å². The van der Waals surface area contributed by atoms with Gasteiger partial charge in [-0.05, 0) is 92.3 Å². The number of carbonyl (C=O) groups excluding carboxylic acids is 1. The zero-order chi connectivity index (χ0) is 17.8. The lowest BCUT2D eigenvalue weighted by Gasteiger charge is -2.60. The Morgan fingerprint density at radius 1 is 0.923 bits per heavy atom. The number of fused-ring (bicyclic) bond motifs is 5. The maximum Gasteiger partial charge on any atom is 0.133 e. The van der Waals surface area contributed by atoms with Crippen LogP contribution >= 0.6 is 0 Å². The zero-order valence-electron chi connectivity index (χ0n) is 16.8. The Morgan fingerprint density at radius 3 is 2.62 bits per heavy atom. The summed E-state index contributed by atoms with van der Waals surface area (Å²) in [6.07, 6.45) is 18.7. The molecular weight excluding hydrogens is 320 g/mol. The van der Waals surface area contributed by atoms with Crippen molar-refractivity contribution in [2.24, 2.45) is 34.5 Å². The van der Waals surface area contributed by atoms with Gasteiger partial charge >= 0.3 is 0 Å². The second-order valence-electron chi connectivity index (χ2n) is 10.9. The largest absolute Gasteiger partial charge is 0.378 e. The summed E-state index contributed by atoms with van der Waals surface area (Å²) in [6, 6.07) is 0. The minimum Gasteiger partial charge on any atom is -0.378 e. The van der Waals surface area contributed by atoms with E-state index in [2.05, 4.69) is 6.92 Å². The van der Waals surface area contributed by atoms with Crippen LogP contribution in [0.5, 0.6) is 0 Å². The molecule has 2 heteroatoms. The summed E-state index contributed by atoms with van der Waals surface area (Å²) in [5.74, 6) is 3.96. The van der Waals surface area contributed by atoms with Gasteiger partial charge in [0.15, 0.2) is 0 Å². The molecule has 6 atom stereocenters. The number of Topliss-reactive ketones (excluding diaryl/α,β-unsaturated/α-hetero) is 1. The molecule has 0 bridgehead atoms. The van der Waals surface area contributed by atoms with Crippen molar-refractivity contribution in [2.75, 3.05) is 6.61 Å². The maximum atomic E-state index is 12.0. The van der Waals surface area contributed by atoms with Crippen LogP contribution in [0.3, 0.4) is 0 Å². The fraction of sp³-hybridized carbons (Fsp3) is 0.958. The Hall–Kier alpha value is -0.370. The Labute approximate surface area is 159 Å². The van der Waals surface area contributed by atoms with Gasteiger partial charge in [0.25, 0.3) is 0 Å². The third-order valence-corrected chi connectivity index (χ3v) is 9.92. The molecule has 146 valence electrons. The predicted molar refractivity (Wildman–Crippen MR) is 104 cm³/mol. The average molecular weight is 359 g/mol. The molecule has 0 N–H and O–H groups in total. The van der Waals surface area contributed by atoms with Gasteiger partial charge in [0.1, 0.15) is 5.78 Å². The summed E-state index contributed by atoms with van der Waals surface area (Å²) in [6.45, 7) is 3.63. The van der Waals surface area contributed by atoms with Crippen LogP contribution in [0.2, 0.25) is 0 Å². The molecule has 0 aromatic rings. The van der Waals surface area contributed by atoms with Gasteiger partial charge in [-0.3, -0.25) is 4.79 Å². The van der Waals surface area contributed by atoms with E-state index >= 15 is 0 Å². The molecule has 5 aliphatic carbocycles. The van der Waals surface area contributed by atoms with E-state index in [1.807, 2.05) is 0 Å². The lowest BCUT2D eigenvalue weighted by molar-refractivity contribution is -0.145. The molecule has 0 amide bonds. The number of ether oxygens (including phenoxy) is 1. The smallest absolute Gasteiger partial charge is 0.133 e. The van der Waals surface area contributed by atoms with Crippen molar-refractivity contribution >= 4 is 5.78 Å². The third kappa shape index (κ3) is 2.73. The van der Waals surface area contributed by atoms with Crippen molar-refractivity contribution in [2.45, 2.75) is 103 Å². The van der Waals surface area contributed by atoms with Crippen LogP contribution in [0.4, 0.5) is 0 Å². The molecule has 5 aliphatic rings. The average Bonchev–Trinajstić information content (AvgIpc) is 3.30. The van der Waals surface area contributed by atoms with Gasteiger partial charge in [0.2, 0.25) is 0 Å². The lowest BCUT2D eigenvalue weighted by Crippen LogP contribution is -2.54. The highest BCUT2D eigenvalue weighted by Gasteiger charge is 2.59. The Balaban J connectivity index is 1.34. The molecule has 0 unspecified atom stereocenters. The van der Waals surface area contributed by atoms with Gasteiger partial charge < -0.3 is 4.74 Å². The molecule has 5 fully saturated rings. The Morgan fingerprint density at radius 2 is 1.77 bits per heavy atom. The summed E-state index contributed by atoms with van der Waals surface area (Å²) < 4.78 is 6.53. The van der Waals surface area contributed by atoms with E-state index in [1.54, 1.807) is 0 Å². The summed E-state index contributed by atoms with van der Waals surface area (Å²) in [7, 11) is 0. The molecule has 0 aromatic carbocycles. The molecule has 2 nitrogen and oxygen atoms in total. The summed E-state index contributed by atoms with van der Waals surface area (Å²) >= 11 is 0. The van der Waals surface area contributed by atoms with E-state index in [1.165, 1.54) is 77.0 Å². The standard InChI is InChI=1S/C24H38O2/c1-23-13-10-18(25)15-17(23)8-9-20-21(23)11-14-24(12-4-7-22(20)24)16-26-19-5-2-3-6-19/h17,19-22H,2-16H2,1H3/t17-,20+,21-,22-,23-,24-/m0/s1. The van der Waals surface area contributed by atoms with E-state index < -0.39 is 0 Å². The number of hydrogen-bond donors (Lipinski definition) is 0. The van der Waals surface area contributed by atoms with Gasteiger partial charge in [-0.2, -0.15) is 0 Å². The van der Waals surface area contributed by atoms with Crippen LogP contribution in [0.25, 0.3) is 0 Å². The SMILES string of the molecule is C[C@]12CCC(=O)C[C@@H]1CC[C@H]1[C@@H]3CCC[C@@]3(COC3CCCC3)CC[C@@H]12. The van der Waals surface area contributed by atoms with E-state index in [0.717, 1.165) is 37.2 Å². The molecular formula is C24H38O2. The van der Waals surface area contributed by atoms with Gasteiger partial charge in [-0.15, -0.1) is 0 Å². The van der Waals surface area contributed by atoms with Crippen molar-refractivity contribution in [1.82, 2.24) is 0 Å². The predicted octanol–water partition coefficient (Wildman–Crippen LogP) is 5.93. The third-order valence-electron chi connectivity index (χ3n) is 9.92. The normalized spacial score (nSPS) is 48.9. The molecule has 5 saturated carbocycles. The first-order valence-electron chi connectivity index (χ1n) is 11.7. The topological polar surface area (TPSA) is 26.3 Å². The summed E-state index contributed by atoms with van der Waals surface area (Å²) in [5.41, 5.74) is 0.968. The first-order chi connectivity index (χ1) is 12.6. The lowest BCUT2D eigenvalue weighted by atomic mass is 9.45. The Bertz CT molecular complexity index is 550. The Kier molecular flexibility index (Phi) is 4.50. The molecule has 0 radical (unpaired) electrons. The van der Waals surface area contributed by atoms with Crippen LogP contribution in [-0.2, 0) is 9.53 Å². The maximum absolute atomic E-state index is 12.0. The van der Waals surface area contributed by atoms with Crippen LogP contribution in [0, 0.1) is 34.5 Å². The van der Waals surface area contributed by atoms with Gasteiger partial charge in [0.05, 0.1) is 12.7 Å². The molecule has 26 heavy (non-hydrogen) atoms. The molecule has 5 rings (SSSR count). The highest BCUT2D eigenvalue weighted by molar-refractivity contribution is 5.79. The van der Waals surface area contributed by atoms with E-state index in [4.69, 9.17) is 4.74 Å². The number of rotatable bonds is 3. The second-order valence-corrected chi connectivity index (χ2v) is 10.9. The highest BCUT2D eigenvalue weighted by Crippen LogP contribution is 2.66. The molecule has 0 aliphatic heterocycles. The second kappa shape index (κ2) is 6.61. The van der Waals surface area contributed by atoms with Crippen LogP contribution in [0.1, 0.15) is 96.8 Å². The highest BCUT2D eigenvalue weighted by atomic mass is 16.5. The molecule has 0 saturated heterocycles. The first-order valence-corrected chi connectivity index (χ1v) is 11.7. The van der Waals surface area contributed by atoms with Crippen molar-refractivity contribution in [3.05, 3.63) is 0 Å². The number of ketones is 1. The molecule has 0 heterocycles. The monoisotopic (exact) mass is 358 g/mol. The number of carbonyl (C=O) groups is 1. The van der Waals surface area contributed by atoms with Gasteiger partial charge in [-0.1, -0.05) is 26.2 Å². The zero-order valence-corrected chi connectivity index (χ0v) is 16.8. The van der Waals surface area contributed by atoms with E-state index in [9.17, 15) is 4.79 Å². The van der Waals surface area contributed by atoms with Crippen molar-refractivity contribution in [3.63, 3.8) is 0 Å². The van der Waals surface area contributed by atoms with Crippen molar-refractivity contribution in [1.29, 1.82) is 0 Å². The van der Waals surface area contributed by atoms with Crippen LogP contribution in [-0.4, -0.2) is 18.5 Å². The number of hydrogen-bond acceptors (Lipinski definition) is 2. The minimum absolute atomic E-state index is 0.456. The minimum atomic E-state index is 0.456.